The van der Waals surface area contributed by atoms with Crippen LogP contribution in [-0.2, 0) is 0 Å². The van der Waals surface area contributed by atoms with Crippen LogP contribution >= 0.6 is 0 Å². The van der Waals surface area contributed by atoms with Crippen molar-refractivity contribution >= 4 is 17.3 Å². The zero-order chi connectivity index (χ0) is 16.6. The number of halogens is 2. The van der Waals surface area contributed by atoms with Gasteiger partial charge in [0.1, 0.15) is 17.5 Å². The van der Waals surface area contributed by atoms with E-state index in [4.69, 9.17) is 4.74 Å². The van der Waals surface area contributed by atoms with Gasteiger partial charge in [0.25, 0.3) is 5.78 Å². The second kappa shape index (κ2) is 5.79. The lowest BCUT2D eigenvalue weighted by Crippen LogP contribution is -2.04. The predicted octanol–water partition coefficient (Wildman–Crippen LogP) is 3.16. The topological polar surface area (TPSA) is 64.3 Å². The van der Waals surface area contributed by atoms with Crippen molar-refractivity contribution in [1.29, 1.82) is 0 Å². The number of aromatic nitrogens is 4. The molecule has 0 fully saturated rings. The number of fused-ring (bicyclic) bond motifs is 1. The van der Waals surface area contributed by atoms with Crippen molar-refractivity contribution in [3.05, 3.63) is 41.1 Å². The van der Waals surface area contributed by atoms with Gasteiger partial charge in [0, 0.05) is 23.0 Å². The summed E-state index contributed by atoms with van der Waals surface area (Å²) < 4.78 is 34.1. The van der Waals surface area contributed by atoms with E-state index in [2.05, 4.69) is 20.4 Å². The smallest absolute Gasteiger partial charge is 0.337 e. The lowest BCUT2D eigenvalue weighted by Gasteiger charge is -2.10. The van der Waals surface area contributed by atoms with Crippen LogP contribution in [0.25, 0.3) is 5.78 Å². The van der Waals surface area contributed by atoms with E-state index < -0.39 is 11.6 Å². The van der Waals surface area contributed by atoms with Gasteiger partial charge in [-0.25, -0.2) is 13.8 Å². The third-order valence-electron chi connectivity index (χ3n) is 3.25. The maximum absolute atomic E-state index is 13.7. The third kappa shape index (κ3) is 2.92. The number of hydrogen-bond acceptors (Lipinski definition) is 5. The molecule has 0 atom stereocenters. The van der Waals surface area contributed by atoms with Gasteiger partial charge < -0.3 is 10.1 Å². The van der Waals surface area contributed by atoms with Gasteiger partial charge in [-0.3, -0.25) is 0 Å². The highest BCUT2D eigenvalue weighted by Crippen LogP contribution is 2.23. The molecule has 23 heavy (non-hydrogen) atoms. The Kier molecular flexibility index (Phi) is 3.81. The number of hydrogen-bond donors (Lipinski definition) is 1. The fourth-order valence-corrected chi connectivity index (χ4v) is 2.11. The number of ether oxygens (including phenoxy) is 1. The molecule has 0 radical (unpaired) electrons. The molecule has 2 aromatic heterocycles. The van der Waals surface area contributed by atoms with Gasteiger partial charge in [0.15, 0.2) is 0 Å². The molecule has 6 nitrogen and oxygen atoms in total. The van der Waals surface area contributed by atoms with Crippen LogP contribution in [0.15, 0.2) is 18.2 Å². The van der Waals surface area contributed by atoms with Gasteiger partial charge >= 0.3 is 6.01 Å². The standard InChI is InChI=1S/C15H15F2N5O/c1-4-23-15-20-14-18-8(2)5-13(22(14)21-15)19-10-6-11(16)9(3)12(17)7-10/h5-7,19H,4H2,1-3H3. The first kappa shape index (κ1) is 15.1. The Morgan fingerprint density at radius 2 is 1.83 bits per heavy atom. The van der Waals surface area contributed by atoms with E-state index in [1.54, 1.807) is 13.0 Å². The van der Waals surface area contributed by atoms with Gasteiger partial charge in [-0.15, -0.1) is 5.10 Å². The van der Waals surface area contributed by atoms with Gasteiger partial charge in [-0.1, -0.05) is 0 Å². The summed E-state index contributed by atoms with van der Waals surface area (Å²) in [6.07, 6.45) is 0. The summed E-state index contributed by atoms with van der Waals surface area (Å²) in [5, 5.41) is 7.11. The Morgan fingerprint density at radius 1 is 1.13 bits per heavy atom. The van der Waals surface area contributed by atoms with Crippen molar-refractivity contribution in [2.75, 3.05) is 11.9 Å². The zero-order valence-corrected chi connectivity index (χ0v) is 12.9. The van der Waals surface area contributed by atoms with Crippen LogP contribution in [0.1, 0.15) is 18.2 Å². The Morgan fingerprint density at radius 3 is 2.48 bits per heavy atom. The molecule has 8 heteroatoms. The van der Waals surface area contributed by atoms with Crippen LogP contribution in [0.2, 0.25) is 0 Å². The maximum atomic E-state index is 13.7. The van der Waals surface area contributed by atoms with Crippen molar-refractivity contribution < 1.29 is 13.5 Å². The Bertz CT molecular complexity index is 855. The lowest BCUT2D eigenvalue weighted by atomic mass is 10.2. The fourth-order valence-electron chi connectivity index (χ4n) is 2.11. The lowest BCUT2D eigenvalue weighted by molar-refractivity contribution is 0.313. The van der Waals surface area contributed by atoms with Crippen molar-refractivity contribution in [3.63, 3.8) is 0 Å². The van der Waals surface area contributed by atoms with E-state index in [0.29, 0.717) is 23.9 Å². The first-order valence-corrected chi connectivity index (χ1v) is 7.08. The first-order chi connectivity index (χ1) is 11.0. The number of anilines is 2. The second-order valence-corrected chi connectivity index (χ2v) is 5.01. The highest BCUT2D eigenvalue weighted by molar-refractivity contribution is 5.59. The van der Waals surface area contributed by atoms with Crippen molar-refractivity contribution in [2.45, 2.75) is 20.8 Å². The molecule has 0 aliphatic rings. The van der Waals surface area contributed by atoms with Crippen molar-refractivity contribution in [1.82, 2.24) is 19.6 Å². The summed E-state index contributed by atoms with van der Waals surface area (Å²) in [4.78, 5) is 8.40. The van der Waals surface area contributed by atoms with E-state index in [9.17, 15) is 8.78 Å². The maximum Gasteiger partial charge on any atom is 0.337 e. The average molecular weight is 319 g/mol. The minimum Gasteiger partial charge on any atom is -0.463 e. The van der Waals surface area contributed by atoms with Gasteiger partial charge in [0.05, 0.1) is 6.61 Å². The molecule has 0 saturated carbocycles. The minimum atomic E-state index is -0.622. The number of nitrogens with zero attached hydrogens (tertiary/aromatic N) is 4. The molecule has 0 amide bonds. The van der Waals surface area contributed by atoms with Gasteiger partial charge in [-0.2, -0.15) is 9.50 Å². The van der Waals surface area contributed by atoms with E-state index in [0.717, 1.165) is 0 Å². The molecule has 0 bridgehead atoms. The van der Waals surface area contributed by atoms with E-state index in [-0.39, 0.29) is 17.3 Å². The summed E-state index contributed by atoms with van der Waals surface area (Å²) >= 11 is 0. The summed E-state index contributed by atoms with van der Waals surface area (Å²) in [6.45, 7) is 5.42. The fraction of sp³-hybridized carbons (Fsp3) is 0.267. The zero-order valence-electron chi connectivity index (χ0n) is 12.9. The quantitative estimate of drug-likeness (QED) is 0.800. The number of aryl methyl sites for hydroxylation is 1. The molecule has 0 spiro atoms. The van der Waals surface area contributed by atoms with E-state index in [1.807, 2.05) is 6.92 Å². The number of nitrogens with one attached hydrogen (secondary N) is 1. The molecule has 1 aromatic carbocycles. The molecule has 1 N–H and O–H groups in total. The van der Waals surface area contributed by atoms with Crippen molar-refractivity contribution in [3.8, 4) is 6.01 Å². The predicted molar refractivity (Wildman–Crippen MR) is 81.1 cm³/mol. The SMILES string of the molecule is CCOc1nc2nc(C)cc(Nc3cc(F)c(C)c(F)c3)n2n1. The monoisotopic (exact) mass is 319 g/mol. The second-order valence-electron chi connectivity index (χ2n) is 5.01. The number of benzene rings is 1. The van der Waals surface area contributed by atoms with Crippen molar-refractivity contribution in [2.24, 2.45) is 0 Å². The highest BCUT2D eigenvalue weighted by atomic mass is 19.1. The molecular weight excluding hydrogens is 304 g/mol. The van der Waals surface area contributed by atoms with Crippen LogP contribution in [0.3, 0.4) is 0 Å². The van der Waals surface area contributed by atoms with Gasteiger partial charge in [0.2, 0.25) is 0 Å². The summed E-state index contributed by atoms with van der Waals surface area (Å²) in [5.74, 6) is -0.427. The van der Waals surface area contributed by atoms with Crippen LogP contribution in [0.5, 0.6) is 6.01 Å². The Balaban J connectivity index is 2.05. The summed E-state index contributed by atoms with van der Waals surface area (Å²) in [5.41, 5.74) is 0.931. The van der Waals surface area contributed by atoms with Crippen LogP contribution in [0, 0.1) is 25.5 Å². The molecule has 0 unspecified atom stereocenters. The van der Waals surface area contributed by atoms with Crippen LogP contribution < -0.4 is 10.1 Å². The largest absolute Gasteiger partial charge is 0.463 e. The Labute approximate surface area is 131 Å². The highest BCUT2D eigenvalue weighted by Gasteiger charge is 2.12. The number of rotatable bonds is 4. The first-order valence-electron chi connectivity index (χ1n) is 7.08. The van der Waals surface area contributed by atoms with Crippen LogP contribution in [0.4, 0.5) is 20.3 Å². The third-order valence-corrected chi connectivity index (χ3v) is 3.25. The molecule has 3 rings (SSSR count). The van der Waals surface area contributed by atoms with E-state index in [1.165, 1.54) is 23.6 Å². The van der Waals surface area contributed by atoms with Gasteiger partial charge in [-0.05, 0) is 32.9 Å². The molecule has 0 saturated heterocycles. The molecule has 0 aliphatic heterocycles. The Hall–Kier alpha value is -2.77. The molecule has 3 aromatic rings. The molecule has 2 heterocycles. The molecule has 120 valence electrons. The normalized spacial score (nSPS) is 11.0. The summed E-state index contributed by atoms with van der Waals surface area (Å²) in [7, 11) is 0. The molecule has 0 aliphatic carbocycles. The van der Waals surface area contributed by atoms with Crippen LogP contribution in [-0.4, -0.2) is 26.2 Å². The van der Waals surface area contributed by atoms with E-state index >= 15 is 0 Å². The molecular formula is C15H15F2N5O. The average Bonchev–Trinajstić information content (AvgIpc) is 2.87. The minimum absolute atomic E-state index is 0.0222. The summed E-state index contributed by atoms with van der Waals surface area (Å²) in [6, 6.07) is 4.34.